The van der Waals surface area contributed by atoms with Gasteiger partial charge in [-0.25, -0.2) is 4.68 Å². The number of benzene rings is 1. The molecule has 2 fully saturated rings. The molecule has 2 aliphatic heterocycles. The molecular weight excluding hydrogens is 264 g/mol. The zero-order valence-corrected chi connectivity index (χ0v) is 12.0. The number of aromatic nitrogens is 3. The van der Waals surface area contributed by atoms with E-state index in [-0.39, 0.29) is 6.04 Å². The number of fused-ring (bicyclic) bond motifs is 1. The van der Waals surface area contributed by atoms with E-state index in [4.69, 9.17) is 0 Å². The second kappa shape index (κ2) is 4.93. The molecule has 0 saturated carbocycles. The van der Waals surface area contributed by atoms with Gasteiger partial charge in [0, 0.05) is 12.6 Å². The van der Waals surface area contributed by atoms with Crippen LogP contribution in [0.5, 0.6) is 0 Å². The summed E-state index contributed by atoms with van der Waals surface area (Å²) in [4.78, 5) is 2.42. The second-order valence-corrected chi connectivity index (χ2v) is 6.09. The van der Waals surface area contributed by atoms with Crippen molar-refractivity contribution < 1.29 is 5.11 Å². The molecular formula is C16H20N4O. The van der Waals surface area contributed by atoms with Gasteiger partial charge in [0.05, 0.1) is 17.6 Å². The number of aliphatic hydroxyl groups is 1. The Morgan fingerprint density at radius 3 is 2.86 bits per heavy atom. The summed E-state index contributed by atoms with van der Waals surface area (Å²) in [6.45, 7) is 2.06. The van der Waals surface area contributed by atoms with Gasteiger partial charge < -0.3 is 5.11 Å². The Morgan fingerprint density at radius 1 is 1.14 bits per heavy atom. The van der Waals surface area contributed by atoms with Crippen LogP contribution in [0.15, 0.2) is 36.5 Å². The predicted octanol–water partition coefficient (Wildman–Crippen LogP) is 1.71. The van der Waals surface area contributed by atoms with Gasteiger partial charge in [-0.1, -0.05) is 29.8 Å². The molecule has 0 bridgehead atoms. The minimum atomic E-state index is -0.834. The van der Waals surface area contributed by atoms with Gasteiger partial charge in [-0.3, -0.25) is 4.90 Å². The van der Waals surface area contributed by atoms with Crippen molar-refractivity contribution >= 4 is 0 Å². The normalized spacial score (nSPS) is 29.5. The van der Waals surface area contributed by atoms with Crippen molar-refractivity contribution in [3.05, 3.63) is 42.2 Å². The molecule has 1 aromatic heterocycles. The van der Waals surface area contributed by atoms with Crippen LogP contribution in [0, 0.1) is 0 Å². The number of nitrogens with zero attached hydrogens (tertiary/aromatic N) is 4. The first-order valence-corrected chi connectivity index (χ1v) is 7.72. The third kappa shape index (κ3) is 2.00. The van der Waals surface area contributed by atoms with Gasteiger partial charge in [-0.05, 0) is 37.9 Å². The second-order valence-electron chi connectivity index (χ2n) is 6.09. The van der Waals surface area contributed by atoms with E-state index in [2.05, 4.69) is 15.2 Å². The quantitative estimate of drug-likeness (QED) is 0.912. The molecule has 0 amide bonds. The van der Waals surface area contributed by atoms with Crippen LogP contribution in [-0.2, 0) is 5.60 Å². The number of hydrogen-bond acceptors (Lipinski definition) is 4. The molecule has 5 nitrogen and oxygen atoms in total. The Balaban J connectivity index is 1.76. The molecule has 2 atom stereocenters. The number of rotatable bonds is 2. The van der Waals surface area contributed by atoms with E-state index in [1.807, 2.05) is 30.3 Å². The molecule has 2 aromatic rings. The van der Waals surface area contributed by atoms with Gasteiger partial charge in [-0.2, -0.15) is 0 Å². The lowest BCUT2D eigenvalue weighted by atomic mass is 9.86. The molecule has 3 heterocycles. The number of hydrogen-bond donors (Lipinski definition) is 1. The number of piperidine rings is 1. The largest absolute Gasteiger partial charge is 0.382 e. The summed E-state index contributed by atoms with van der Waals surface area (Å²) in [5.74, 6) is 0. The zero-order chi connectivity index (χ0) is 14.3. The highest BCUT2D eigenvalue weighted by Gasteiger charge is 2.49. The van der Waals surface area contributed by atoms with Gasteiger partial charge in [0.1, 0.15) is 5.60 Å². The van der Waals surface area contributed by atoms with Crippen LogP contribution in [0.25, 0.3) is 5.69 Å². The van der Waals surface area contributed by atoms with Gasteiger partial charge >= 0.3 is 0 Å². The highest BCUT2D eigenvalue weighted by Crippen LogP contribution is 2.42. The molecule has 2 aliphatic rings. The maximum absolute atomic E-state index is 11.3. The molecule has 5 heteroatoms. The van der Waals surface area contributed by atoms with Crippen molar-refractivity contribution in [2.24, 2.45) is 0 Å². The third-order valence-corrected chi connectivity index (χ3v) is 4.94. The smallest absolute Gasteiger partial charge is 0.125 e. The van der Waals surface area contributed by atoms with Gasteiger partial charge in [0.2, 0.25) is 0 Å². The van der Waals surface area contributed by atoms with E-state index in [1.54, 1.807) is 10.9 Å². The molecule has 2 saturated heterocycles. The standard InChI is InChI=1S/C16H20N4O/c21-16(9-11-19-10-5-4-8-14(16)19)15-12-17-18-20(15)13-6-2-1-3-7-13/h1-3,6-7,12,14,21H,4-5,8-11H2. The fourth-order valence-corrected chi connectivity index (χ4v) is 3.87. The third-order valence-electron chi connectivity index (χ3n) is 4.94. The number of para-hydroxylation sites is 1. The Bertz CT molecular complexity index is 626. The Hall–Kier alpha value is -1.72. The average molecular weight is 284 g/mol. The van der Waals surface area contributed by atoms with Crippen LogP contribution in [0.2, 0.25) is 0 Å². The van der Waals surface area contributed by atoms with Crippen molar-refractivity contribution in [2.45, 2.75) is 37.3 Å². The minimum Gasteiger partial charge on any atom is -0.382 e. The van der Waals surface area contributed by atoms with Crippen molar-refractivity contribution in [1.82, 2.24) is 19.9 Å². The van der Waals surface area contributed by atoms with Crippen LogP contribution < -0.4 is 0 Å². The first-order chi connectivity index (χ1) is 10.3. The first-order valence-electron chi connectivity index (χ1n) is 7.72. The molecule has 0 aliphatic carbocycles. The maximum Gasteiger partial charge on any atom is 0.125 e. The van der Waals surface area contributed by atoms with Crippen LogP contribution >= 0.6 is 0 Å². The van der Waals surface area contributed by atoms with Gasteiger partial charge in [0.15, 0.2) is 0 Å². The fraction of sp³-hybridized carbons (Fsp3) is 0.500. The maximum atomic E-state index is 11.3. The summed E-state index contributed by atoms with van der Waals surface area (Å²) in [5.41, 5.74) is 0.940. The van der Waals surface area contributed by atoms with E-state index in [9.17, 15) is 5.11 Å². The Labute approximate surface area is 124 Å². The molecule has 110 valence electrons. The highest BCUT2D eigenvalue weighted by atomic mass is 16.3. The van der Waals surface area contributed by atoms with E-state index >= 15 is 0 Å². The van der Waals surface area contributed by atoms with E-state index in [1.165, 1.54) is 12.8 Å². The molecule has 4 rings (SSSR count). The summed E-state index contributed by atoms with van der Waals surface area (Å²) < 4.78 is 1.79. The summed E-state index contributed by atoms with van der Waals surface area (Å²) in [6, 6.07) is 10.1. The van der Waals surface area contributed by atoms with Crippen LogP contribution in [0.3, 0.4) is 0 Å². The monoisotopic (exact) mass is 284 g/mol. The summed E-state index contributed by atoms with van der Waals surface area (Å²) in [5, 5.41) is 19.6. The molecule has 21 heavy (non-hydrogen) atoms. The SMILES string of the molecule is OC1(c2cnnn2-c2ccccc2)CCN2CCCCC21. The van der Waals surface area contributed by atoms with E-state index < -0.39 is 5.60 Å². The first kappa shape index (κ1) is 13.0. The molecule has 0 radical (unpaired) electrons. The topological polar surface area (TPSA) is 54.2 Å². The van der Waals surface area contributed by atoms with Crippen molar-refractivity contribution in [3.8, 4) is 5.69 Å². The molecule has 0 spiro atoms. The lowest BCUT2D eigenvalue weighted by Gasteiger charge is -2.37. The fourth-order valence-electron chi connectivity index (χ4n) is 3.87. The molecule has 1 N–H and O–H groups in total. The summed E-state index contributed by atoms with van der Waals surface area (Å²) in [7, 11) is 0. The van der Waals surface area contributed by atoms with Crippen LogP contribution in [-0.4, -0.2) is 44.1 Å². The van der Waals surface area contributed by atoms with E-state index in [0.29, 0.717) is 0 Å². The minimum absolute atomic E-state index is 0.201. The van der Waals surface area contributed by atoms with Crippen LogP contribution in [0.4, 0.5) is 0 Å². The summed E-state index contributed by atoms with van der Waals surface area (Å²) in [6.07, 6.45) is 5.97. The predicted molar refractivity (Wildman–Crippen MR) is 79.1 cm³/mol. The molecule has 2 unspecified atom stereocenters. The lowest BCUT2D eigenvalue weighted by Crippen LogP contribution is -2.46. The lowest BCUT2D eigenvalue weighted by molar-refractivity contribution is -0.0191. The van der Waals surface area contributed by atoms with Crippen molar-refractivity contribution in [1.29, 1.82) is 0 Å². The highest BCUT2D eigenvalue weighted by molar-refractivity contribution is 5.34. The average Bonchev–Trinajstić information content (AvgIpc) is 3.15. The van der Waals surface area contributed by atoms with Crippen molar-refractivity contribution in [3.63, 3.8) is 0 Å². The Morgan fingerprint density at radius 2 is 2.00 bits per heavy atom. The van der Waals surface area contributed by atoms with Crippen LogP contribution in [0.1, 0.15) is 31.4 Å². The zero-order valence-electron chi connectivity index (χ0n) is 12.0. The Kier molecular flexibility index (Phi) is 3.05. The van der Waals surface area contributed by atoms with Gasteiger partial charge in [0.25, 0.3) is 0 Å². The summed E-state index contributed by atoms with van der Waals surface area (Å²) >= 11 is 0. The van der Waals surface area contributed by atoms with E-state index in [0.717, 1.165) is 37.3 Å². The molecule has 1 aromatic carbocycles. The van der Waals surface area contributed by atoms with Gasteiger partial charge in [-0.15, -0.1) is 5.10 Å². The van der Waals surface area contributed by atoms with Crippen molar-refractivity contribution in [2.75, 3.05) is 13.1 Å².